The number of amides is 3. The number of nitrogens with zero attached hydrogens (tertiary/aromatic N) is 1. The number of urea groups is 1. The van der Waals surface area contributed by atoms with E-state index in [-0.39, 0.29) is 24.6 Å². The van der Waals surface area contributed by atoms with Gasteiger partial charge in [-0.1, -0.05) is 48.5 Å². The van der Waals surface area contributed by atoms with Gasteiger partial charge in [-0.25, -0.2) is 4.79 Å². The lowest BCUT2D eigenvalue weighted by Crippen LogP contribution is -2.51. The summed E-state index contributed by atoms with van der Waals surface area (Å²) in [4.78, 5) is 25.6. The first-order chi connectivity index (χ1) is 12.2. The Hall–Kier alpha value is -2.86. The fraction of sp³-hybridized carbons (Fsp3) is 0.263. The third-order valence-electron chi connectivity index (χ3n) is 3.98. The number of rotatable bonds is 5. The fourth-order valence-corrected chi connectivity index (χ4v) is 2.65. The van der Waals surface area contributed by atoms with Gasteiger partial charge in [0.2, 0.25) is 0 Å². The van der Waals surface area contributed by atoms with Crippen LogP contribution in [0.25, 0.3) is 0 Å². The molecule has 1 atom stereocenters. The first kappa shape index (κ1) is 17.0. The number of para-hydroxylation sites is 1. The maximum Gasteiger partial charge on any atom is 0.315 e. The van der Waals surface area contributed by atoms with Crippen molar-refractivity contribution >= 4 is 17.6 Å². The van der Waals surface area contributed by atoms with E-state index in [0.29, 0.717) is 19.6 Å². The number of hydrogen-bond acceptors (Lipinski definition) is 3. The second kappa shape index (κ2) is 8.30. The van der Waals surface area contributed by atoms with Crippen LogP contribution in [-0.4, -0.2) is 37.7 Å². The lowest BCUT2D eigenvalue weighted by atomic mass is 10.2. The minimum atomic E-state index is -0.254. The lowest BCUT2D eigenvalue weighted by molar-refractivity contribution is -0.129. The van der Waals surface area contributed by atoms with Crippen LogP contribution in [0.1, 0.15) is 5.56 Å². The van der Waals surface area contributed by atoms with Crippen LogP contribution in [0, 0.1) is 0 Å². The molecule has 3 amide bonds. The van der Waals surface area contributed by atoms with E-state index in [1.54, 1.807) is 4.90 Å². The number of benzene rings is 2. The molecule has 1 saturated heterocycles. The van der Waals surface area contributed by atoms with Crippen molar-refractivity contribution < 1.29 is 14.3 Å². The van der Waals surface area contributed by atoms with Crippen LogP contribution in [0.4, 0.5) is 10.5 Å². The van der Waals surface area contributed by atoms with Gasteiger partial charge in [-0.3, -0.25) is 4.79 Å². The summed E-state index contributed by atoms with van der Waals surface area (Å²) in [6.07, 6.45) is -0.236. The molecule has 1 unspecified atom stereocenters. The second-order valence-electron chi connectivity index (χ2n) is 5.82. The third kappa shape index (κ3) is 4.81. The first-order valence-corrected chi connectivity index (χ1v) is 8.25. The molecule has 1 aliphatic rings. The summed E-state index contributed by atoms with van der Waals surface area (Å²) in [5.74, 6) is -0.0732. The number of hydrogen-bond donors (Lipinski definition) is 2. The van der Waals surface area contributed by atoms with Gasteiger partial charge in [0.05, 0.1) is 12.6 Å². The average Bonchev–Trinajstić information content (AvgIpc) is 2.67. The molecule has 1 heterocycles. The zero-order chi connectivity index (χ0) is 17.5. The molecule has 2 N–H and O–H groups in total. The molecule has 3 rings (SSSR count). The highest BCUT2D eigenvalue weighted by Gasteiger charge is 2.27. The van der Waals surface area contributed by atoms with Crippen molar-refractivity contribution in [1.29, 1.82) is 0 Å². The molecular weight excluding hydrogens is 318 g/mol. The van der Waals surface area contributed by atoms with Crippen molar-refractivity contribution in [3.63, 3.8) is 0 Å². The lowest BCUT2D eigenvalue weighted by Gasteiger charge is -2.32. The van der Waals surface area contributed by atoms with Crippen molar-refractivity contribution in [3.05, 3.63) is 66.2 Å². The molecule has 6 heteroatoms. The van der Waals surface area contributed by atoms with Gasteiger partial charge in [0.15, 0.2) is 0 Å². The van der Waals surface area contributed by atoms with Gasteiger partial charge in [-0.15, -0.1) is 0 Å². The van der Waals surface area contributed by atoms with E-state index >= 15 is 0 Å². The standard InChI is InChI=1S/C19H21N3O3/c23-18-14-25-17(13-22(18)16-9-5-2-6-10-16)12-21-19(24)20-11-15-7-3-1-4-8-15/h1-10,17H,11-14H2,(H2,20,21,24). The van der Waals surface area contributed by atoms with E-state index < -0.39 is 0 Å². The van der Waals surface area contributed by atoms with Crippen LogP contribution in [0.3, 0.4) is 0 Å². The number of carbonyl (C=O) groups excluding carboxylic acids is 2. The second-order valence-corrected chi connectivity index (χ2v) is 5.82. The molecule has 1 fully saturated rings. The molecule has 2 aromatic carbocycles. The molecule has 6 nitrogen and oxygen atoms in total. The Morgan fingerprint density at radius 3 is 2.44 bits per heavy atom. The summed E-state index contributed by atoms with van der Waals surface area (Å²) in [5, 5.41) is 5.60. The SMILES string of the molecule is O=C(NCc1ccccc1)NCC1CN(c2ccccc2)C(=O)CO1. The summed E-state index contributed by atoms with van der Waals surface area (Å²) in [7, 11) is 0. The molecule has 0 aromatic heterocycles. The summed E-state index contributed by atoms with van der Waals surface area (Å²) < 4.78 is 5.52. The quantitative estimate of drug-likeness (QED) is 0.874. The van der Waals surface area contributed by atoms with Crippen LogP contribution in [-0.2, 0) is 16.1 Å². The van der Waals surface area contributed by atoms with Gasteiger partial charge in [-0.05, 0) is 17.7 Å². The van der Waals surface area contributed by atoms with E-state index in [4.69, 9.17) is 4.74 Å². The largest absolute Gasteiger partial charge is 0.365 e. The Balaban J connectivity index is 1.46. The summed E-state index contributed by atoms with van der Waals surface area (Å²) in [5.41, 5.74) is 1.88. The average molecular weight is 339 g/mol. The normalized spacial score (nSPS) is 17.2. The molecule has 0 spiro atoms. The van der Waals surface area contributed by atoms with Crippen molar-refractivity contribution in [3.8, 4) is 0 Å². The van der Waals surface area contributed by atoms with Crippen molar-refractivity contribution in [2.45, 2.75) is 12.6 Å². The first-order valence-electron chi connectivity index (χ1n) is 8.25. The van der Waals surface area contributed by atoms with Gasteiger partial charge in [0, 0.05) is 18.8 Å². The molecular formula is C19H21N3O3. The molecule has 0 saturated carbocycles. The third-order valence-corrected chi connectivity index (χ3v) is 3.98. The van der Waals surface area contributed by atoms with Crippen LogP contribution in [0.2, 0.25) is 0 Å². The Labute approximate surface area is 146 Å². The predicted molar refractivity (Wildman–Crippen MR) is 95.2 cm³/mol. The molecule has 25 heavy (non-hydrogen) atoms. The van der Waals surface area contributed by atoms with E-state index in [2.05, 4.69) is 10.6 Å². The fourth-order valence-electron chi connectivity index (χ4n) is 2.65. The Morgan fingerprint density at radius 2 is 1.72 bits per heavy atom. The molecule has 2 aromatic rings. The molecule has 130 valence electrons. The number of ether oxygens (including phenoxy) is 1. The van der Waals surface area contributed by atoms with Crippen molar-refractivity contribution in [1.82, 2.24) is 10.6 Å². The van der Waals surface area contributed by atoms with Crippen molar-refractivity contribution in [2.75, 3.05) is 24.6 Å². The highest BCUT2D eigenvalue weighted by Crippen LogP contribution is 2.17. The number of nitrogens with one attached hydrogen (secondary N) is 2. The Bertz CT molecular complexity index is 706. The minimum Gasteiger partial charge on any atom is -0.365 e. The summed E-state index contributed by atoms with van der Waals surface area (Å²) in [6.45, 7) is 1.25. The maximum absolute atomic E-state index is 12.0. The number of morpholine rings is 1. The van der Waals surface area contributed by atoms with Crippen LogP contribution in [0.5, 0.6) is 0 Å². The molecule has 0 aliphatic carbocycles. The van der Waals surface area contributed by atoms with E-state index in [9.17, 15) is 9.59 Å². The topological polar surface area (TPSA) is 70.7 Å². The monoisotopic (exact) mass is 339 g/mol. The zero-order valence-electron chi connectivity index (χ0n) is 13.9. The predicted octanol–water partition coefficient (Wildman–Crippen LogP) is 1.92. The van der Waals surface area contributed by atoms with Gasteiger partial charge in [-0.2, -0.15) is 0 Å². The van der Waals surface area contributed by atoms with Gasteiger partial charge < -0.3 is 20.3 Å². The molecule has 1 aliphatic heterocycles. The summed E-state index contributed by atoms with van der Waals surface area (Å²) in [6, 6.07) is 18.9. The zero-order valence-corrected chi connectivity index (χ0v) is 13.9. The van der Waals surface area contributed by atoms with Crippen LogP contribution >= 0.6 is 0 Å². The summed E-state index contributed by atoms with van der Waals surface area (Å²) >= 11 is 0. The van der Waals surface area contributed by atoms with Crippen molar-refractivity contribution in [2.24, 2.45) is 0 Å². The smallest absolute Gasteiger partial charge is 0.315 e. The van der Waals surface area contributed by atoms with Gasteiger partial charge in [0.25, 0.3) is 5.91 Å². The van der Waals surface area contributed by atoms with Crippen LogP contribution < -0.4 is 15.5 Å². The number of anilines is 1. The minimum absolute atomic E-state index is 0.0207. The Morgan fingerprint density at radius 1 is 1.04 bits per heavy atom. The van der Waals surface area contributed by atoms with E-state index in [1.165, 1.54) is 0 Å². The highest BCUT2D eigenvalue weighted by atomic mass is 16.5. The highest BCUT2D eigenvalue weighted by molar-refractivity contribution is 5.94. The van der Waals surface area contributed by atoms with Crippen LogP contribution in [0.15, 0.2) is 60.7 Å². The van der Waals surface area contributed by atoms with Gasteiger partial charge in [0.1, 0.15) is 6.61 Å². The van der Waals surface area contributed by atoms with E-state index in [0.717, 1.165) is 11.3 Å². The van der Waals surface area contributed by atoms with Gasteiger partial charge >= 0.3 is 6.03 Å². The Kier molecular flexibility index (Phi) is 5.64. The molecule has 0 radical (unpaired) electrons. The van der Waals surface area contributed by atoms with E-state index in [1.807, 2.05) is 60.7 Å². The maximum atomic E-state index is 12.0. The molecule has 0 bridgehead atoms. The number of carbonyl (C=O) groups is 2.